The molecular weight excluding hydrogens is 176 g/mol. The van der Waals surface area contributed by atoms with Gasteiger partial charge in [0, 0.05) is 6.42 Å². The smallest absolute Gasteiger partial charge is 0.140 e. The summed E-state index contributed by atoms with van der Waals surface area (Å²) in [4.78, 5) is 0. The second kappa shape index (κ2) is 2.55. The second-order valence-corrected chi connectivity index (χ2v) is 5.76. The zero-order valence-corrected chi connectivity index (χ0v) is 9.70. The number of hydrogen-bond acceptors (Lipinski definition) is 2. The molecule has 0 saturated carbocycles. The number of aromatic nitrogens is 4. The predicted octanol–water partition coefficient (Wildman–Crippen LogP) is 0.810. The van der Waals surface area contributed by atoms with E-state index in [0.717, 1.165) is 12.8 Å². The van der Waals surface area contributed by atoms with Crippen molar-refractivity contribution in [2.24, 2.45) is 12.5 Å². The minimum absolute atomic E-state index is 0.0886. The maximum Gasteiger partial charge on any atom is 0.257 e. The number of hydrogen-bond donors (Lipinski definition) is 0. The van der Waals surface area contributed by atoms with E-state index in [0.29, 0.717) is 5.41 Å². The SMILES string of the molecule is C[n+]1nnn2c1CC(C)(C)CC2(C)C. The number of rotatable bonds is 0. The minimum Gasteiger partial charge on any atom is -0.140 e. The lowest BCUT2D eigenvalue weighted by Gasteiger charge is -2.35. The highest BCUT2D eigenvalue weighted by Crippen LogP contribution is 2.39. The Hall–Kier alpha value is -0.930. The van der Waals surface area contributed by atoms with Crippen LogP contribution in [-0.2, 0) is 19.0 Å². The first kappa shape index (κ1) is 9.62. The lowest BCUT2D eigenvalue weighted by molar-refractivity contribution is -0.739. The summed E-state index contributed by atoms with van der Waals surface area (Å²) < 4.78 is 3.96. The Morgan fingerprint density at radius 2 is 1.93 bits per heavy atom. The molecule has 0 atom stereocenters. The molecule has 0 unspecified atom stereocenters. The van der Waals surface area contributed by atoms with Gasteiger partial charge in [-0.15, -0.1) is 4.68 Å². The zero-order valence-electron chi connectivity index (χ0n) is 9.70. The lowest BCUT2D eigenvalue weighted by atomic mass is 9.75. The number of aryl methyl sites for hydroxylation is 1. The zero-order chi connectivity index (χ0) is 10.6. The van der Waals surface area contributed by atoms with Crippen LogP contribution in [0.5, 0.6) is 0 Å². The fourth-order valence-electron chi connectivity index (χ4n) is 2.74. The highest BCUT2D eigenvalue weighted by Gasteiger charge is 2.45. The molecule has 0 radical (unpaired) electrons. The van der Waals surface area contributed by atoms with Crippen LogP contribution in [0.2, 0.25) is 0 Å². The Labute approximate surface area is 84.9 Å². The van der Waals surface area contributed by atoms with Crippen molar-refractivity contribution < 1.29 is 4.68 Å². The van der Waals surface area contributed by atoms with Crippen molar-refractivity contribution in [3.8, 4) is 0 Å². The van der Waals surface area contributed by atoms with Gasteiger partial charge in [0.2, 0.25) is 0 Å². The average Bonchev–Trinajstić information content (AvgIpc) is 2.28. The van der Waals surface area contributed by atoms with E-state index < -0.39 is 0 Å². The van der Waals surface area contributed by atoms with Crippen molar-refractivity contribution in [2.45, 2.75) is 46.1 Å². The molecule has 4 heteroatoms. The third-order valence-corrected chi connectivity index (χ3v) is 3.00. The summed E-state index contributed by atoms with van der Waals surface area (Å²) >= 11 is 0. The summed E-state index contributed by atoms with van der Waals surface area (Å²) in [6.07, 6.45) is 2.20. The van der Waals surface area contributed by atoms with Crippen molar-refractivity contribution >= 4 is 0 Å². The molecule has 78 valence electrons. The van der Waals surface area contributed by atoms with E-state index >= 15 is 0 Å². The largest absolute Gasteiger partial charge is 0.257 e. The van der Waals surface area contributed by atoms with Gasteiger partial charge in [0.25, 0.3) is 5.82 Å². The monoisotopic (exact) mass is 195 g/mol. The van der Waals surface area contributed by atoms with E-state index in [1.807, 2.05) is 11.7 Å². The summed E-state index contributed by atoms with van der Waals surface area (Å²) in [5, 5.41) is 8.29. The molecule has 1 aromatic heterocycles. The molecule has 0 spiro atoms. The quantitative estimate of drug-likeness (QED) is 0.574. The van der Waals surface area contributed by atoms with E-state index in [1.165, 1.54) is 5.82 Å². The molecule has 0 aromatic carbocycles. The number of fused-ring (bicyclic) bond motifs is 1. The van der Waals surface area contributed by atoms with Crippen molar-refractivity contribution in [3.05, 3.63) is 5.82 Å². The summed E-state index contributed by atoms with van der Waals surface area (Å²) in [7, 11) is 1.97. The second-order valence-electron chi connectivity index (χ2n) is 5.76. The summed E-state index contributed by atoms with van der Waals surface area (Å²) in [6.45, 7) is 9.08. The minimum atomic E-state index is 0.0886. The topological polar surface area (TPSA) is 34.6 Å². The number of tetrazole rings is 1. The molecule has 1 aliphatic heterocycles. The molecule has 2 rings (SSSR count). The molecule has 1 aliphatic rings. The third-order valence-electron chi connectivity index (χ3n) is 3.00. The fourth-order valence-corrected chi connectivity index (χ4v) is 2.74. The van der Waals surface area contributed by atoms with E-state index in [-0.39, 0.29) is 5.54 Å². The lowest BCUT2D eigenvalue weighted by Crippen LogP contribution is -2.46. The van der Waals surface area contributed by atoms with Crippen LogP contribution >= 0.6 is 0 Å². The van der Waals surface area contributed by atoms with Crippen LogP contribution in [0.4, 0.5) is 0 Å². The van der Waals surface area contributed by atoms with E-state index in [9.17, 15) is 0 Å². The first-order chi connectivity index (χ1) is 6.32. The van der Waals surface area contributed by atoms with Gasteiger partial charge in [0.1, 0.15) is 10.8 Å². The maximum atomic E-state index is 4.20. The summed E-state index contributed by atoms with van der Waals surface area (Å²) in [5.41, 5.74) is 0.435. The molecule has 0 saturated heterocycles. The first-order valence-electron chi connectivity index (χ1n) is 5.13. The van der Waals surface area contributed by atoms with Crippen molar-refractivity contribution in [1.82, 2.24) is 15.1 Å². The average molecular weight is 195 g/mol. The summed E-state index contributed by atoms with van der Waals surface area (Å²) in [6, 6.07) is 0. The Bertz CT molecular complexity index is 362. The van der Waals surface area contributed by atoms with Gasteiger partial charge in [0.05, 0.1) is 7.05 Å². The fraction of sp³-hybridized carbons (Fsp3) is 0.900. The molecule has 14 heavy (non-hydrogen) atoms. The van der Waals surface area contributed by atoms with Crippen molar-refractivity contribution in [1.29, 1.82) is 0 Å². The molecule has 4 nitrogen and oxygen atoms in total. The molecule has 2 heterocycles. The Kier molecular flexibility index (Phi) is 1.75. The van der Waals surface area contributed by atoms with Gasteiger partial charge in [-0.1, -0.05) is 18.5 Å². The molecule has 0 N–H and O–H groups in total. The van der Waals surface area contributed by atoms with E-state index in [2.05, 4.69) is 42.8 Å². The van der Waals surface area contributed by atoms with Gasteiger partial charge < -0.3 is 0 Å². The van der Waals surface area contributed by atoms with Crippen LogP contribution in [0, 0.1) is 5.41 Å². The van der Waals surface area contributed by atoms with Crippen LogP contribution in [0.3, 0.4) is 0 Å². The van der Waals surface area contributed by atoms with Crippen LogP contribution < -0.4 is 4.68 Å². The van der Waals surface area contributed by atoms with Crippen molar-refractivity contribution in [3.63, 3.8) is 0 Å². The molecular formula is C10H19N4+. The maximum absolute atomic E-state index is 4.20. The normalized spacial score (nSPS) is 23.2. The molecule has 0 bridgehead atoms. The Balaban J connectivity index is 2.54. The van der Waals surface area contributed by atoms with Crippen LogP contribution in [0.15, 0.2) is 0 Å². The standard InChI is InChI=1S/C10H19N4/c1-9(2)6-8-13(5)11-12-14(8)10(3,4)7-9/h6-7H2,1-5H3/q+1. The highest BCUT2D eigenvalue weighted by molar-refractivity contribution is 4.97. The number of nitrogens with zero attached hydrogens (tertiary/aromatic N) is 4. The van der Waals surface area contributed by atoms with Gasteiger partial charge in [-0.3, -0.25) is 0 Å². The van der Waals surface area contributed by atoms with Crippen LogP contribution in [0.25, 0.3) is 0 Å². The molecule has 0 aliphatic carbocycles. The van der Waals surface area contributed by atoms with Crippen LogP contribution in [0.1, 0.15) is 39.9 Å². The van der Waals surface area contributed by atoms with Gasteiger partial charge in [-0.25, -0.2) is 0 Å². The van der Waals surface area contributed by atoms with Crippen LogP contribution in [-0.4, -0.2) is 15.1 Å². The third kappa shape index (κ3) is 1.33. The van der Waals surface area contributed by atoms with Gasteiger partial charge in [0.15, 0.2) is 5.21 Å². The van der Waals surface area contributed by atoms with Gasteiger partial charge >= 0.3 is 0 Å². The highest BCUT2D eigenvalue weighted by atomic mass is 15.6. The molecule has 0 fully saturated rings. The first-order valence-corrected chi connectivity index (χ1v) is 5.13. The van der Waals surface area contributed by atoms with E-state index in [1.54, 1.807) is 0 Å². The Morgan fingerprint density at radius 1 is 1.29 bits per heavy atom. The molecule has 0 amide bonds. The Morgan fingerprint density at radius 3 is 2.57 bits per heavy atom. The summed E-state index contributed by atoms with van der Waals surface area (Å²) in [5.74, 6) is 1.23. The van der Waals surface area contributed by atoms with E-state index in [4.69, 9.17) is 0 Å². The van der Waals surface area contributed by atoms with Gasteiger partial charge in [-0.2, -0.15) is 0 Å². The molecule has 1 aromatic rings. The van der Waals surface area contributed by atoms with Gasteiger partial charge in [-0.05, 0) is 25.7 Å². The van der Waals surface area contributed by atoms with Crippen molar-refractivity contribution in [2.75, 3.05) is 0 Å². The predicted molar refractivity (Wildman–Crippen MR) is 52.6 cm³/mol.